The number of rotatable bonds is 11. The van der Waals surface area contributed by atoms with Crippen LogP contribution in [0.3, 0.4) is 0 Å². The van der Waals surface area contributed by atoms with Crippen LogP contribution < -0.4 is 10.5 Å². The number of nitrogens with two attached hydrogens (primary N) is 1. The SMILES string of the molecule is CN1CCN([C@H]2CC[C@@H](n3nc(-c4ccc(Oc5ncccn5)cc4)c4c(N)ncnc43)CC2)CC1.O=C(O)/C=C\C(=O)O.O=C(O)/C=C\C(=O)O.O=C(O)/C=C\C(=O)O. The zero-order valence-electron chi connectivity index (χ0n) is 32.1. The summed E-state index contributed by atoms with van der Waals surface area (Å²) >= 11 is 0. The van der Waals surface area contributed by atoms with Gasteiger partial charge in [0.15, 0.2) is 5.65 Å². The minimum atomic E-state index is -1.26. The van der Waals surface area contributed by atoms with Crippen molar-refractivity contribution in [2.75, 3.05) is 39.0 Å². The Labute approximate surface area is 341 Å². The van der Waals surface area contributed by atoms with Gasteiger partial charge < -0.3 is 46.0 Å². The molecule has 318 valence electrons. The molecule has 1 saturated carbocycles. The molecule has 1 aliphatic heterocycles. The summed E-state index contributed by atoms with van der Waals surface area (Å²) in [4.78, 5) is 79.5. The van der Waals surface area contributed by atoms with E-state index in [0.29, 0.717) is 66.1 Å². The second-order valence-corrected chi connectivity index (χ2v) is 12.7. The third-order valence-corrected chi connectivity index (χ3v) is 8.57. The maximum absolute atomic E-state index is 9.55. The molecule has 0 radical (unpaired) electrons. The number of ether oxygens (including phenoxy) is 1. The minimum Gasteiger partial charge on any atom is -0.478 e. The van der Waals surface area contributed by atoms with Gasteiger partial charge in [0.1, 0.15) is 23.6 Å². The van der Waals surface area contributed by atoms with Crippen LogP contribution >= 0.6 is 0 Å². The quantitative estimate of drug-likeness (QED) is 0.107. The van der Waals surface area contributed by atoms with Gasteiger partial charge in [-0.3, -0.25) is 4.90 Å². The van der Waals surface area contributed by atoms with Gasteiger partial charge in [-0.05, 0) is 63.1 Å². The molecule has 6 rings (SSSR count). The number of carboxylic acid groups (broad SMARTS) is 6. The van der Waals surface area contributed by atoms with Gasteiger partial charge in [-0.2, -0.15) is 5.10 Å². The lowest BCUT2D eigenvalue weighted by Crippen LogP contribution is -2.49. The first-order valence-electron chi connectivity index (χ1n) is 17.9. The van der Waals surface area contributed by atoms with E-state index in [-0.39, 0.29) is 0 Å². The average molecular weight is 834 g/mol. The molecule has 22 heteroatoms. The number of aromatic nitrogens is 6. The number of hydrogen-bond acceptors (Lipinski definition) is 15. The molecule has 0 bridgehead atoms. The Morgan fingerprint density at radius 2 is 1.10 bits per heavy atom. The van der Waals surface area contributed by atoms with Crippen molar-refractivity contribution >= 4 is 52.7 Å². The lowest BCUT2D eigenvalue weighted by Gasteiger charge is -2.41. The molecule has 0 spiro atoms. The van der Waals surface area contributed by atoms with Gasteiger partial charge in [0.2, 0.25) is 0 Å². The standard InChI is InChI=1S/C26H31N9O.3C4H4O4/c1-33-13-15-34(16-14-33)19-5-7-20(8-6-19)35-25-22(24(27)30-17-31-25)23(32-35)18-3-9-21(10-4-18)36-26-28-11-2-12-29-26;3*5-3(6)1-2-4(7)8/h2-4,9-12,17,19-20H,5-8,13-16H2,1H3,(H2,27,30,31);3*1-2H,(H,5,6)(H,7,8)/b;3*2-1-/t19-,20+;;;. The summed E-state index contributed by atoms with van der Waals surface area (Å²) < 4.78 is 7.83. The van der Waals surface area contributed by atoms with E-state index >= 15 is 0 Å². The fourth-order valence-electron chi connectivity index (χ4n) is 5.86. The smallest absolute Gasteiger partial charge is 0.328 e. The molecule has 0 amide bonds. The van der Waals surface area contributed by atoms with Crippen molar-refractivity contribution in [3.8, 4) is 23.0 Å². The average Bonchev–Trinajstić information content (AvgIpc) is 3.61. The van der Waals surface area contributed by atoms with E-state index in [1.165, 1.54) is 32.3 Å². The number of nitrogens with zero attached hydrogens (tertiary/aromatic N) is 8. The molecular weight excluding hydrogens is 790 g/mol. The molecule has 8 N–H and O–H groups in total. The Morgan fingerprint density at radius 1 is 0.650 bits per heavy atom. The normalized spacial score (nSPS) is 16.8. The first kappa shape index (κ1) is 46.8. The summed E-state index contributed by atoms with van der Waals surface area (Å²) in [6.07, 6.45) is 12.7. The highest BCUT2D eigenvalue weighted by molar-refractivity contribution is 5.98. The van der Waals surface area contributed by atoms with E-state index in [0.717, 1.165) is 48.2 Å². The molecule has 2 fully saturated rings. The van der Waals surface area contributed by atoms with Gasteiger partial charge in [0.05, 0.1) is 11.4 Å². The van der Waals surface area contributed by atoms with Crippen LogP contribution in [0.15, 0.2) is 85.5 Å². The van der Waals surface area contributed by atoms with Crippen LogP contribution in [0.1, 0.15) is 31.7 Å². The van der Waals surface area contributed by atoms with Gasteiger partial charge in [-0.25, -0.2) is 53.4 Å². The second kappa shape index (κ2) is 23.6. The maximum Gasteiger partial charge on any atom is 0.328 e. The first-order chi connectivity index (χ1) is 28.5. The first-order valence-corrected chi connectivity index (χ1v) is 17.9. The summed E-state index contributed by atoms with van der Waals surface area (Å²) in [6.45, 7) is 4.65. The van der Waals surface area contributed by atoms with Crippen LogP contribution in [-0.4, -0.2) is 145 Å². The van der Waals surface area contributed by atoms with Gasteiger partial charge in [-0.1, -0.05) is 0 Å². The number of carboxylic acids is 6. The molecule has 22 nitrogen and oxygen atoms in total. The fraction of sp³-hybridized carbons (Fsp3) is 0.289. The molecular formula is C38H43N9O13. The summed E-state index contributed by atoms with van der Waals surface area (Å²) in [6, 6.07) is 10.7. The largest absolute Gasteiger partial charge is 0.478 e. The predicted molar refractivity (Wildman–Crippen MR) is 211 cm³/mol. The van der Waals surface area contributed by atoms with E-state index in [9.17, 15) is 28.8 Å². The monoisotopic (exact) mass is 833 g/mol. The van der Waals surface area contributed by atoms with Crippen LogP contribution in [0.25, 0.3) is 22.3 Å². The van der Waals surface area contributed by atoms with E-state index in [2.05, 4.69) is 41.5 Å². The number of piperazine rings is 1. The topological polar surface area (TPSA) is 335 Å². The molecule has 4 heterocycles. The number of aliphatic carboxylic acids is 6. The third-order valence-electron chi connectivity index (χ3n) is 8.57. The number of anilines is 1. The van der Waals surface area contributed by atoms with Crippen molar-refractivity contribution in [2.45, 2.75) is 37.8 Å². The molecule has 0 atom stereocenters. The van der Waals surface area contributed by atoms with Gasteiger partial charge in [0.25, 0.3) is 0 Å². The van der Waals surface area contributed by atoms with E-state index < -0.39 is 35.8 Å². The van der Waals surface area contributed by atoms with Crippen molar-refractivity contribution in [1.82, 2.24) is 39.5 Å². The van der Waals surface area contributed by atoms with Crippen LogP contribution in [0.2, 0.25) is 0 Å². The van der Waals surface area contributed by atoms with Gasteiger partial charge in [0, 0.05) is 86.6 Å². The number of hydrogen-bond donors (Lipinski definition) is 7. The Bertz CT molecular complexity index is 2050. The fourth-order valence-corrected chi connectivity index (χ4v) is 5.86. The molecule has 1 aromatic carbocycles. The zero-order valence-corrected chi connectivity index (χ0v) is 32.1. The van der Waals surface area contributed by atoms with E-state index in [1.54, 1.807) is 18.5 Å². The molecule has 60 heavy (non-hydrogen) atoms. The molecule has 1 aliphatic carbocycles. The highest BCUT2D eigenvalue weighted by atomic mass is 16.5. The lowest BCUT2D eigenvalue weighted by atomic mass is 9.90. The highest BCUT2D eigenvalue weighted by Crippen LogP contribution is 2.37. The zero-order chi connectivity index (χ0) is 44.2. The minimum absolute atomic E-state index is 0.303. The van der Waals surface area contributed by atoms with Gasteiger partial charge >= 0.3 is 41.8 Å². The number of benzene rings is 1. The van der Waals surface area contributed by atoms with Crippen molar-refractivity contribution in [3.05, 3.63) is 85.5 Å². The van der Waals surface area contributed by atoms with E-state index in [1.807, 2.05) is 24.3 Å². The van der Waals surface area contributed by atoms with Crippen molar-refractivity contribution < 1.29 is 64.1 Å². The van der Waals surface area contributed by atoms with E-state index in [4.69, 9.17) is 46.2 Å². The predicted octanol–water partition coefficient (Wildman–Crippen LogP) is 2.52. The second-order valence-electron chi connectivity index (χ2n) is 12.7. The molecule has 4 aromatic rings. The maximum atomic E-state index is 9.55. The molecule has 2 aliphatic rings. The van der Waals surface area contributed by atoms with Gasteiger partial charge in [-0.15, -0.1) is 0 Å². The lowest BCUT2D eigenvalue weighted by molar-refractivity contribution is -0.134. The van der Waals surface area contributed by atoms with Crippen molar-refractivity contribution in [3.63, 3.8) is 0 Å². The summed E-state index contributed by atoms with van der Waals surface area (Å²) in [7, 11) is 2.21. The summed E-state index contributed by atoms with van der Waals surface area (Å²) in [5.74, 6) is -6.44. The summed E-state index contributed by atoms with van der Waals surface area (Å²) in [5.41, 5.74) is 8.88. The van der Waals surface area contributed by atoms with Crippen LogP contribution in [0.5, 0.6) is 11.8 Å². The van der Waals surface area contributed by atoms with Crippen LogP contribution in [0.4, 0.5) is 5.82 Å². The number of carbonyl (C=O) groups is 6. The Morgan fingerprint density at radius 3 is 1.55 bits per heavy atom. The third kappa shape index (κ3) is 16.1. The van der Waals surface area contributed by atoms with Crippen LogP contribution in [-0.2, 0) is 28.8 Å². The Kier molecular flexibility index (Phi) is 18.4. The number of nitrogen functional groups attached to an aromatic ring is 1. The molecule has 1 saturated heterocycles. The Hall–Kier alpha value is -7.59. The number of likely N-dealkylation sites (N-methyl/N-ethyl adjacent to an activating group) is 1. The molecule has 3 aromatic heterocycles. The molecule has 0 unspecified atom stereocenters. The Balaban J connectivity index is 0.000000327. The summed E-state index contributed by atoms with van der Waals surface area (Å²) in [5, 5.41) is 52.7. The highest BCUT2D eigenvalue weighted by Gasteiger charge is 2.30. The van der Waals surface area contributed by atoms with Crippen LogP contribution in [0, 0.1) is 0 Å². The van der Waals surface area contributed by atoms with Crippen molar-refractivity contribution in [2.24, 2.45) is 0 Å². The number of fused-ring (bicyclic) bond motifs is 1. The van der Waals surface area contributed by atoms with Crippen molar-refractivity contribution in [1.29, 1.82) is 0 Å².